The van der Waals surface area contributed by atoms with Gasteiger partial charge in [0.05, 0.1) is 0 Å². The molecule has 67 valence electrons. The maximum Gasteiger partial charge on any atom is 0.0190 e. The van der Waals surface area contributed by atoms with E-state index >= 15 is 0 Å². The molecular formula is C10H22N. The quantitative estimate of drug-likeness (QED) is 0.597. The molecule has 0 spiro atoms. The lowest BCUT2D eigenvalue weighted by Crippen LogP contribution is -2.19. The lowest BCUT2D eigenvalue weighted by Gasteiger charge is -2.13. The summed E-state index contributed by atoms with van der Waals surface area (Å²) in [6, 6.07) is 0. The van der Waals surface area contributed by atoms with Crippen LogP contribution < -0.4 is 5.32 Å². The lowest BCUT2D eigenvalue weighted by molar-refractivity contribution is 0.434. The van der Waals surface area contributed by atoms with E-state index in [1.54, 1.807) is 0 Å². The molecule has 0 aromatic heterocycles. The highest BCUT2D eigenvalue weighted by atomic mass is 14.8. The minimum atomic E-state index is 0.881. The van der Waals surface area contributed by atoms with Crippen molar-refractivity contribution < 1.29 is 0 Å². The maximum atomic E-state index is 3.28. The molecule has 0 fully saturated rings. The highest BCUT2D eigenvalue weighted by molar-refractivity contribution is 4.63. The van der Waals surface area contributed by atoms with Crippen molar-refractivity contribution >= 4 is 0 Å². The van der Waals surface area contributed by atoms with E-state index in [0.29, 0.717) is 0 Å². The van der Waals surface area contributed by atoms with Crippen LogP contribution in [0.4, 0.5) is 0 Å². The summed E-state index contributed by atoms with van der Waals surface area (Å²) in [6.07, 6.45) is 5.39. The first-order valence-electron chi connectivity index (χ1n) is 4.86. The fraction of sp³-hybridized carbons (Fsp3) is 0.900. The van der Waals surface area contributed by atoms with Crippen molar-refractivity contribution in [2.75, 3.05) is 6.54 Å². The molecule has 0 aliphatic rings. The zero-order valence-corrected chi connectivity index (χ0v) is 8.19. The molecule has 0 amide bonds. The first kappa shape index (κ1) is 11.0. The number of hydrogen-bond acceptors (Lipinski definition) is 1. The predicted octanol–water partition coefficient (Wildman–Crippen LogP) is 2.97. The topological polar surface area (TPSA) is 12.0 Å². The molecule has 0 saturated carbocycles. The molecule has 0 rings (SSSR count). The molecule has 0 aromatic carbocycles. The van der Waals surface area contributed by atoms with Crippen LogP contribution in [0.1, 0.15) is 46.5 Å². The van der Waals surface area contributed by atoms with Crippen molar-refractivity contribution in [3.63, 3.8) is 0 Å². The third kappa shape index (κ3) is 6.36. The molecule has 11 heavy (non-hydrogen) atoms. The maximum absolute atomic E-state index is 3.28. The second-order valence-corrected chi connectivity index (χ2v) is 3.11. The van der Waals surface area contributed by atoms with Gasteiger partial charge in [-0.25, -0.2) is 0 Å². The van der Waals surface area contributed by atoms with Gasteiger partial charge in [-0.3, -0.25) is 0 Å². The number of unbranched alkanes of at least 4 members (excludes halogenated alkanes) is 1. The van der Waals surface area contributed by atoms with E-state index in [0.717, 1.165) is 12.5 Å². The highest BCUT2D eigenvalue weighted by Crippen LogP contribution is 2.10. The number of rotatable bonds is 7. The highest BCUT2D eigenvalue weighted by Gasteiger charge is 2.03. The van der Waals surface area contributed by atoms with Crippen LogP contribution in [0.3, 0.4) is 0 Å². The van der Waals surface area contributed by atoms with Crippen molar-refractivity contribution in [3.8, 4) is 0 Å². The average Bonchev–Trinajstić information content (AvgIpc) is 2.05. The van der Waals surface area contributed by atoms with Crippen molar-refractivity contribution in [3.05, 3.63) is 6.54 Å². The summed E-state index contributed by atoms with van der Waals surface area (Å²) in [6.45, 7) is 9.78. The molecule has 1 unspecified atom stereocenters. The summed E-state index contributed by atoms with van der Waals surface area (Å²) >= 11 is 0. The Morgan fingerprint density at radius 2 is 2.09 bits per heavy atom. The van der Waals surface area contributed by atoms with Crippen LogP contribution in [-0.4, -0.2) is 6.54 Å². The largest absolute Gasteiger partial charge is 0.312 e. The molecule has 1 nitrogen and oxygen atoms in total. The summed E-state index contributed by atoms with van der Waals surface area (Å²) in [4.78, 5) is 0. The van der Waals surface area contributed by atoms with E-state index in [-0.39, 0.29) is 0 Å². The fourth-order valence-corrected chi connectivity index (χ4v) is 1.23. The molecule has 0 aliphatic carbocycles. The molecule has 0 bridgehead atoms. The van der Waals surface area contributed by atoms with Crippen LogP contribution in [0.5, 0.6) is 0 Å². The van der Waals surface area contributed by atoms with Gasteiger partial charge in [0.25, 0.3) is 0 Å². The SMILES string of the molecule is C[CH]NCC(CC)CCCC. The normalized spacial score (nSPS) is 13.4. The van der Waals surface area contributed by atoms with Gasteiger partial charge in [-0.1, -0.05) is 33.1 Å². The van der Waals surface area contributed by atoms with Crippen LogP contribution in [0.15, 0.2) is 0 Å². The zero-order chi connectivity index (χ0) is 8.53. The first-order chi connectivity index (χ1) is 5.35. The molecule has 1 heteroatoms. The molecular weight excluding hydrogens is 134 g/mol. The van der Waals surface area contributed by atoms with Crippen molar-refractivity contribution in [1.82, 2.24) is 5.32 Å². The second kappa shape index (κ2) is 8.06. The summed E-state index contributed by atoms with van der Waals surface area (Å²) in [5.41, 5.74) is 0. The van der Waals surface area contributed by atoms with Crippen LogP contribution >= 0.6 is 0 Å². The molecule has 0 aliphatic heterocycles. The Labute approximate surface area is 71.6 Å². The van der Waals surface area contributed by atoms with E-state index < -0.39 is 0 Å². The summed E-state index contributed by atoms with van der Waals surface area (Å²) in [5.74, 6) is 0.881. The Morgan fingerprint density at radius 3 is 2.55 bits per heavy atom. The van der Waals surface area contributed by atoms with E-state index in [1.807, 2.05) is 13.5 Å². The second-order valence-electron chi connectivity index (χ2n) is 3.11. The van der Waals surface area contributed by atoms with Gasteiger partial charge in [-0.15, -0.1) is 0 Å². The Bertz CT molecular complexity index is 63.3. The third-order valence-corrected chi connectivity index (χ3v) is 2.15. The zero-order valence-electron chi connectivity index (χ0n) is 8.19. The monoisotopic (exact) mass is 156 g/mol. The fourth-order valence-electron chi connectivity index (χ4n) is 1.23. The van der Waals surface area contributed by atoms with Gasteiger partial charge in [-0.05, 0) is 25.8 Å². The molecule has 1 atom stereocenters. The van der Waals surface area contributed by atoms with Crippen LogP contribution in [0.25, 0.3) is 0 Å². The predicted molar refractivity (Wildman–Crippen MR) is 51.3 cm³/mol. The Kier molecular flexibility index (Phi) is 8.03. The minimum absolute atomic E-state index is 0.881. The minimum Gasteiger partial charge on any atom is -0.312 e. The van der Waals surface area contributed by atoms with Crippen molar-refractivity contribution in [2.24, 2.45) is 5.92 Å². The van der Waals surface area contributed by atoms with Gasteiger partial charge in [-0.2, -0.15) is 0 Å². The number of nitrogens with one attached hydrogen (secondary N) is 1. The molecule has 1 N–H and O–H groups in total. The van der Waals surface area contributed by atoms with E-state index in [2.05, 4.69) is 19.2 Å². The van der Waals surface area contributed by atoms with Crippen molar-refractivity contribution in [2.45, 2.75) is 46.5 Å². The number of hydrogen-bond donors (Lipinski definition) is 1. The smallest absolute Gasteiger partial charge is 0.0190 e. The van der Waals surface area contributed by atoms with Crippen LogP contribution in [-0.2, 0) is 0 Å². The van der Waals surface area contributed by atoms with Gasteiger partial charge in [0, 0.05) is 6.54 Å². The van der Waals surface area contributed by atoms with E-state index in [4.69, 9.17) is 0 Å². The van der Waals surface area contributed by atoms with Gasteiger partial charge in [0.1, 0.15) is 0 Å². The summed E-state index contributed by atoms with van der Waals surface area (Å²) in [5, 5.41) is 3.28. The summed E-state index contributed by atoms with van der Waals surface area (Å²) < 4.78 is 0. The molecule has 1 radical (unpaired) electrons. The lowest BCUT2D eigenvalue weighted by atomic mass is 9.99. The Hall–Kier alpha value is -0.0400. The van der Waals surface area contributed by atoms with Gasteiger partial charge in [0.15, 0.2) is 0 Å². The first-order valence-corrected chi connectivity index (χ1v) is 4.86. The van der Waals surface area contributed by atoms with Gasteiger partial charge >= 0.3 is 0 Å². The van der Waals surface area contributed by atoms with Crippen LogP contribution in [0, 0.1) is 12.5 Å². The van der Waals surface area contributed by atoms with Crippen molar-refractivity contribution in [1.29, 1.82) is 0 Å². The summed E-state index contributed by atoms with van der Waals surface area (Å²) in [7, 11) is 0. The molecule has 0 saturated heterocycles. The standard InChI is InChI=1S/C10H22N/c1-4-7-8-10(5-2)9-11-6-3/h6,10-11H,4-5,7-9H2,1-3H3. The average molecular weight is 156 g/mol. The van der Waals surface area contributed by atoms with E-state index in [1.165, 1.54) is 25.7 Å². The molecule has 0 heterocycles. The molecule has 0 aromatic rings. The Morgan fingerprint density at radius 1 is 1.36 bits per heavy atom. The third-order valence-electron chi connectivity index (χ3n) is 2.15. The van der Waals surface area contributed by atoms with Crippen LogP contribution in [0.2, 0.25) is 0 Å². The van der Waals surface area contributed by atoms with Gasteiger partial charge in [0.2, 0.25) is 0 Å². The van der Waals surface area contributed by atoms with Gasteiger partial charge < -0.3 is 5.32 Å². The Balaban J connectivity index is 3.25. The van der Waals surface area contributed by atoms with E-state index in [9.17, 15) is 0 Å².